The van der Waals surface area contributed by atoms with Crippen molar-refractivity contribution >= 4 is 5.97 Å². The summed E-state index contributed by atoms with van der Waals surface area (Å²) in [6.45, 7) is 2.11. The predicted molar refractivity (Wildman–Crippen MR) is 58.8 cm³/mol. The topological polar surface area (TPSA) is 37.3 Å². The minimum atomic E-state index is -0.620. The van der Waals surface area contributed by atoms with Crippen molar-refractivity contribution in [2.24, 2.45) is 5.41 Å². The van der Waals surface area contributed by atoms with Gasteiger partial charge in [0.05, 0.1) is 5.41 Å². The van der Waals surface area contributed by atoms with Gasteiger partial charge in [0.1, 0.15) is 0 Å². The number of carboxylic acid groups (broad SMARTS) is 1. The van der Waals surface area contributed by atoms with Crippen LogP contribution in [0.1, 0.15) is 37.7 Å². The molecule has 2 rings (SSSR count). The van der Waals surface area contributed by atoms with Crippen LogP contribution < -0.4 is 0 Å². The molecule has 0 bridgehead atoms. The van der Waals surface area contributed by atoms with Gasteiger partial charge in [0.2, 0.25) is 0 Å². The average molecular weight is 204 g/mol. The van der Waals surface area contributed by atoms with E-state index in [0.717, 1.165) is 19.3 Å². The molecule has 15 heavy (non-hydrogen) atoms. The van der Waals surface area contributed by atoms with E-state index in [1.807, 2.05) is 18.2 Å². The Labute approximate surface area is 89.9 Å². The standard InChI is InChI=1S/C13H16O2/c1-10(11-5-3-2-4-6-11)9-13(7-8-13)12(14)15/h2-6,10H,7-9H2,1H3,(H,14,15). The van der Waals surface area contributed by atoms with Crippen LogP contribution in [-0.4, -0.2) is 11.1 Å². The molecule has 1 aromatic carbocycles. The Hall–Kier alpha value is -1.31. The van der Waals surface area contributed by atoms with E-state index in [1.165, 1.54) is 5.56 Å². The molecule has 0 radical (unpaired) electrons. The van der Waals surface area contributed by atoms with Gasteiger partial charge in [0.25, 0.3) is 0 Å². The maximum absolute atomic E-state index is 11.1. The van der Waals surface area contributed by atoms with Crippen molar-refractivity contribution in [1.82, 2.24) is 0 Å². The number of benzene rings is 1. The highest BCUT2D eigenvalue weighted by Crippen LogP contribution is 2.52. The summed E-state index contributed by atoms with van der Waals surface area (Å²) in [5.41, 5.74) is 0.833. The zero-order valence-electron chi connectivity index (χ0n) is 8.94. The van der Waals surface area contributed by atoms with Crippen molar-refractivity contribution in [2.75, 3.05) is 0 Å². The van der Waals surface area contributed by atoms with E-state index < -0.39 is 11.4 Å². The lowest BCUT2D eigenvalue weighted by Crippen LogP contribution is -2.17. The summed E-state index contributed by atoms with van der Waals surface area (Å²) in [5.74, 6) is -0.282. The lowest BCUT2D eigenvalue weighted by Gasteiger charge is -2.16. The number of carbonyl (C=O) groups is 1. The third-order valence-electron chi connectivity index (χ3n) is 3.37. The number of rotatable bonds is 4. The average Bonchev–Trinajstić information content (AvgIpc) is 3.00. The lowest BCUT2D eigenvalue weighted by molar-refractivity contribution is -0.143. The van der Waals surface area contributed by atoms with Crippen molar-refractivity contribution in [3.05, 3.63) is 35.9 Å². The maximum atomic E-state index is 11.1. The summed E-state index contributed by atoms with van der Waals surface area (Å²) in [4.78, 5) is 11.1. The molecule has 80 valence electrons. The monoisotopic (exact) mass is 204 g/mol. The Morgan fingerprint density at radius 2 is 2.00 bits per heavy atom. The van der Waals surface area contributed by atoms with E-state index in [0.29, 0.717) is 5.92 Å². The van der Waals surface area contributed by atoms with E-state index in [9.17, 15) is 4.79 Å². The van der Waals surface area contributed by atoms with Crippen LogP contribution in [0.2, 0.25) is 0 Å². The Morgan fingerprint density at radius 3 is 2.47 bits per heavy atom. The highest BCUT2D eigenvalue weighted by molar-refractivity contribution is 5.77. The molecule has 1 atom stereocenters. The van der Waals surface area contributed by atoms with Gasteiger partial charge in [-0.25, -0.2) is 0 Å². The van der Waals surface area contributed by atoms with Crippen molar-refractivity contribution in [2.45, 2.75) is 32.1 Å². The Morgan fingerprint density at radius 1 is 1.40 bits per heavy atom. The van der Waals surface area contributed by atoms with Crippen LogP contribution in [0.3, 0.4) is 0 Å². The molecule has 0 amide bonds. The van der Waals surface area contributed by atoms with Gasteiger partial charge < -0.3 is 5.11 Å². The van der Waals surface area contributed by atoms with E-state index in [2.05, 4.69) is 19.1 Å². The van der Waals surface area contributed by atoms with Crippen molar-refractivity contribution in [1.29, 1.82) is 0 Å². The Balaban J connectivity index is 2.05. The summed E-state index contributed by atoms with van der Waals surface area (Å²) in [6.07, 6.45) is 2.46. The van der Waals surface area contributed by atoms with Crippen LogP contribution >= 0.6 is 0 Å². The van der Waals surface area contributed by atoms with Crippen LogP contribution in [0.15, 0.2) is 30.3 Å². The molecule has 1 unspecified atom stereocenters. The van der Waals surface area contributed by atoms with Gasteiger partial charge in [0, 0.05) is 0 Å². The fraction of sp³-hybridized carbons (Fsp3) is 0.462. The van der Waals surface area contributed by atoms with Gasteiger partial charge in [-0.1, -0.05) is 37.3 Å². The Kier molecular flexibility index (Phi) is 2.51. The minimum absolute atomic E-state index is 0.338. The number of aliphatic carboxylic acids is 1. The van der Waals surface area contributed by atoms with Crippen molar-refractivity contribution in [3.8, 4) is 0 Å². The fourth-order valence-corrected chi connectivity index (χ4v) is 2.14. The first-order valence-electron chi connectivity index (χ1n) is 5.42. The summed E-state index contributed by atoms with van der Waals surface area (Å²) in [5, 5.41) is 9.10. The van der Waals surface area contributed by atoms with Crippen LogP contribution in [0.5, 0.6) is 0 Å². The first-order chi connectivity index (χ1) is 7.14. The van der Waals surface area contributed by atoms with Gasteiger partial charge in [0.15, 0.2) is 0 Å². The first-order valence-corrected chi connectivity index (χ1v) is 5.42. The molecular weight excluding hydrogens is 188 g/mol. The highest BCUT2D eigenvalue weighted by atomic mass is 16.4. The second kappa shape index (κ2) is 3.69. The normalized spacial score (nSPS) is 19.5. The molecule has 0 spiro atoms. The van der Waals surface area contributed by atoms with Gasteiger partial charge in [-0.05, 0) is 30.7 Å². The van der Waals surface area contributed by atoms with E-state index >= 15 is 0 Å². The van der Waals surface area contributed by atoms with Crippen LogP contribution in [0.25, 0.3) is 0 Å². The minimum Gasteiger partial charge on any atom is -0.481 e. The third-order valence-corrected chi connectivity index (χ3v) is 3.37. The zero-order valence-corrected chi connectivity index (χ0v) is 8.94. The van der Waals surface area contributed by atoms with Crippen LogP contribution in [-0.2, 0) is 4.79 Å². The summed E-state index contributed by atoms with van der Waals surface area (Å²) in [6, 6.07) is 10.1. The molecule has 1 saturated carbocycles. The molecule has 0 heterocycles. The Bertz CT molecular complexity index is 352. The quantitative estimate of drug-likeness (QED) is 0.818. The fourth-order valence-electron chi connectivity index (χ4n) is 2.14. The van der Waals surface area contributed by atoms with Gasteiger partial charge in [-0.3, -0.25) is 4.79 Å². The SMILES string of the molecule is CC(CC1(C(=O)O)CC1)c1ccccc1. The molecule has 1 aliphatic rings. The number of carboxylic acids is 1. The summed E-state index contributed by atoms with van der Waals surface area (Å²) in [7, 11) is 0. The highest BCUT2D eigenvalue weighted by Gasteiger charge is 2.50. The molecule has 0 aromatic heterocycles. The van der Waals surface area contributed by atoms with Crippen LogP contribution in [0, 0.1) is 5.41 Å². The molecule has 1 N–H and O–H groups in total. The summed E-state index contributed by atoms with van der Waals surface area (Å²) < 4.78 is 0. The van der Waals surface area contributed by atoms with E-state index in [-0.39, 0.29) is 0 Å². The third kappa shape index (κ3) is 2.04. The molecular formula is C13H16O2. The van der Waals surface area contributed by atoms with Crippen LogP contribution in [0.4, 0.5) is 0 Å². The molecule has 1 aromatic rings. The van der Waals surface area contributed by atoms with Gasteiger partial charge in [-0.2, -0.15) is 0 Å². The molecule has 0 aliphatic heterocycles. The van der Waals surface area contributed by atoms with Gasteiger partial charge in [-0.15, -0.1) is 0 Å². The predicted octanol–water partition coefficient (Wildman–Crippen LogP) is 3.05. The number of hydrogen-bond acceptors (Lipinski definition) is 1. The second-order valence-corrected chi connectivity index (χ2v) is 4.60. The first kappa shape index (κ1) is 10.2. The largest absolute Gasteiger partial charge is 0.481 e. The molecule has 1 aliphatic carbocycles. The van der Waals surface area contributed by atoms with E-state index in [4.69, 9.17) is 5.11 Å². The van der Waals surface area contributed by atoms with E-state index in [1.54, 1.807) is 0 Å². The molecule has 0 saturated heterocycles. The molecule has 1 fully saturated rings. The zero-order chi connectivity index (χ0) is 10.9. The van der Waals surface area contributed by atoms with Crippen molar-refractivity contribution < 1.29 is 9.90 Å². The molecule has 2 nitrogen and oxygen atoms in total. The summed E-state index contributed by atoms with van der Waals surface area (Å²) >= 11 is 0. The molecule has 2 heteroatoms. The smallest absolute Gasteiger partial charge is 0.309 e. The number of hydrogen-bond donors (Lipinski definition) is 1. The van der Waals surface area contributed by atoms with Crippen molar-refractivity contribution in [3.63, 3.8) is 0 Å². The van der Waals surface area contributed by atoms with Gasteiger partial charge >= 0.3 is 5.97 Å². The lowest BCUT2D eigenvalue weighted by atomic mass is 9.88. The second-order valence-electron chi connectivity index (χ2n) is 4.60. The maximum Gasteiger partial charge on any atom is 0.309 e.